The van der Waals surface area contributed by atoms with E-state index in [4.69, 9.17) is 4.74 Å². The van der Waals surface area contributed by atoms with Crippen LogP contribution in [0.25, 0.3) is 0 Å². The summed E-state index contributed by atoms with van der Waals surface area (Å²) in [5.74, 6) is 0.808. The molecule has 1 atom stereocenters. The Morgan fingerprint density at radius 2 is 2.16 bits per heavy atom. The highest BCUT2D eigenvalue weighted by Crippen LogP contribution is 2.23. The van der Waals surface area contributed by atoms with E-state index in [0.717, 1.165) is 24.4 Å². The van der Waals surface area contributed by atoms with Gasteiger partial charge in [-0.1, -0.05) is 18.6 Å². The molecule has 0 saturated carbocycles. The van der Waals surface area contributed by atoms with E-state index in [2.05, 4.69) is 11.8 Å². The maximum absolute atomic E-state index is 9.27. The van der Waals surface area contributed by atoms with Gasteiger partial charge in [0.15, 0.2) is 0 Å². The van der Waals surface area contributed by atoms with Crippen molar-refractivity contribution in [1.82, 2.24) is 4.90 Å². The van der Waals surface area contributed by atoms with Crippen molar-refractivity contribution in [2.75, 3.05) is 13.7 Å². The molecule has 1 fully saturated rings. The number of ether oxygens (including phenoxy) is 1. The van der Waals surface area contributed by atoms with E-state index in [9.17, 15) is 10.0 Å². The smallest absolute Gasteiger partial charge is 0.488 e. The molecule has 104 valence electrons. The molecule has 1 heterocycles. The van der Waals surface area contributed by atoms with Crippen molar-refractivity contribution in [1.29, 1.82) is 0 Å². The van der Waals surface area contributed by atoms with Gasteiger partial charge in [-0.05, 0) is 37.8 Å². The van der Waals surface area contributed by atoms with Crippen molar-refractivity contribution in [3.8, 4) is 5.75 Å². The van der Waals surface area contributed by atoms with Gasteiger partial charge in [0.1, 0.15) is 5.75 Å². The normalized spacial score (nSPS) is 20.3. The Labute approximate surface area is 115 Å². The molecule has 2 rings (SSSR count). The Bertz CT molecular complexity index is 425. The van der Waals surface area contributed by atoms with E-state index in [-0.39, 0.29) is 0 Å². The Kier molecular flexibility index (Phi) is 4.85. The van der Waals surface area contributed by atoms with Gasteiger partial charge >= 0.3 is 7.12 Å². The summed E-state index contributed by atoms with van der Waals surface area (Å²) in [5, 5.41) is 18.5. The van der Waals surface area contributed by atoms with Gasteiger partial charge in [0, 0.05) is 18.2 Å². The van der Waals surface area contributed by atoms with Crippen molar-refractivity contribution in [3.63, 3.8) is 0 Å². The standard InChI is InChI=1S/C14H22BNO3/c1-11-5-3-4-8-16(11)10-12-9-13(15(17)18)6-7-14(12)19-2/h6-7,9,11,17-18H,3-5,8,10H2,1-2H3. The lowest BCUT2D eigenvalue weighted by molar-refractivity contribution is 0.151. The zero-order valence-electron chi connectivity index (χ0n) is 11.7. The van der Waals surface area contributed by atoms with Gasteiger partial charge in [-0.15, -0.1) is 0 Å². The van der Waals surface area contributed by atoms with Crippen molar-refractivity contribution in [2.45, 2.75) is 38.8 Å². The Morgan fingerprint density at radius 1 is 1.37 bits per heavy atom. The molecular weight excluding hydrogens is 241 g/mol. The number of benzene rings is 1. The van der Waals surface area contributed by atoms with Crippen molar-refractivity contribution in [3.05, 3.63) is 23.8 Å². The van der Waals surface area contributed by atoms with Crippen LogP contribution >= 0.6 is 0 Å². The summed E-state index contributed by atoms with van der Waals surface area (Å²) >= 11 is 0. The predicted molar refractivity (Wildman–Crippen MR) is 76.5 cm³/mol. The molecule has 0 amide bonds. The molecule has 5 heteroatoms. The quantitative estimate of drug-likeness (QED) is 0.787. The summed E-state index contributed by atoms with van der Waals surface area (Å²) in [7, 11) is 0.219. The molecule has 1 saturated heterocycles. The molecular formula is C14H22BNO3. The third kappa shape index (κ3) is 3.50. The van der Waals surface area contributed by atoms with Crippen molar-refractivity contribution >= 4 is 12.6 Å². The molecule has 2 N–H and O–H groups in total. The third-order valence-corrected chi connectivity index (χ3v) is 3.92. The summed E-state index contributed by atoms with van der Waals surface area (Å²) < 4.78 is 5.37. The number of hydrogen-bond acceptors (Lipinski definition) is 4. The van der Waals surface area contributed by atoms with E-state index in [1.54, 1.807) is 19.2 Å². The maximum atomic E-state index is 9.27. The summed E-state index contributed by atoms with van der Waals surface area (Å²) in [4.78, 5) is 2.43. The number of rotatable bonds is 4. The molecule has 1 aliphatic rings. The Balaban J connectivity index is 2.19. The zero-order chi connectivity index (χ0) is 13.8. The van der Waals surface area contributed by atoms with E-state index in [0.29, 0.717) is 11.5 Å². The summed E-state index contributed by atoms with van der Waals surface area (Å²) in [6.45, 7) is 4.14. The number of likely N-dealkylation sites (tertiary alicyclic amines) is 1. The second-order valence-corrected chi connectivity index (χ2v) is 5.26. The van der Waals surface area contributed by atoms with Gasteiger partial charge < -0.3 is 14.8 Å². The number of piperidine rings is 1. The molecule has 0 radical (unpaired) electrons. The van der Waals surface area contributed by atoms with Crippen molar-refractivity contribution < 1.29 is 14.8 Å². The minimum absolute atomic E-state index is 0.514. The first-order chi connectivity index (χ1) is 9.11. The monoisotopic (exact) mass is 263 g/mol. The van der Waals surface area contributed by atoms with Crippen LogP contribution in [0.4, 0.5) is 0 Å². The minimum atomic E-state index is -1.43. The van der Waals surface area contributed by atoms with Crippen LogP contribution in [-0.2, 0) is 6.54 Å². The Morgan fingerprint density at radius 3 is 2.79 bits per heavy atom. The third-order valence-electron chi connectivity index (χ3n) is 3.92. The maximum Gasteiger partial charge on any atom is 0.488 e. The molecule has 0 aromatic heterocycles. The SMILES string of the molecule is COc1ccc(B(O)O)cc1CN1CCCCC1C. The van der Waals surface area contributed by atoms with Crippen molar-refractivity contribution in [2.24, 2.45) is 0 Å². The first-order valence-electron chi connectivity index (χ1n) is 6.89. The predicted octanol–water partition coefficient (Wildman–Crippen LogP) is 0.749. The van der Waals surface area contributed by atoms with Crippen LogP contribution in [0.1, 0.15) is 31.7 Å². The van der Waals surface area contributed by atoms with Gasteiger partial charge in [-0.3, -0.25) is 4.90 Å². The van der Waals surface area contributed by atoms with E-state index >= 15 is 0 Å². The lowest BCUT2D eigenvalue weighted by atomic mass is 9.79. The number of hydrogen-bond donors (Lipinski definition) is 2. The second-order valence-electron chi connectivity index (χ2n) is 5.26. The van der Waals surface area contributed by atoms with Gasteiger partial charge in [-0.2, -0.15) is 0 Å². The van der Waals surface area contributed by atoms with Crippen LogP contribution < -0.4 is 10.2 Å². The highest BCUT2D eigenvalue weighted by atomic mass is 16.5. The topological polar surface area (TPSA) is 52.9 Å². The molecule has 0 aliphatic carbocycles. The average molecular weight is 263 g/mol. The Hall–Kier alpha value is -1.04. The van der Waals surface area contributed by atoms with Crippen LogP contribution in [-0.4, -0.2) is 41.8 Å². The lowest BCUT2D eigenvalue weighted by Gasteiger charge is -2.33. The zero-order valence-corrected chi connectivity index (χ0v) is 11.7. The molecule has 4 nitrogen and oxygen atoms in total. The molecule has 0 bridgehead atoms. The summed E-state index contributed by atoms with van der Waals surface area (Å²) in [6, 6.07) is 5.89. The number of nitrogens with zero attached hydrogens (tertiary/aromatic N) is 1. The second kappa shape index (κ2) is 6.41. The summed E-state index contributed by atoms with van der Waals surface area (Å²) in [6.07, 6.45) is 3.75. The molecule has 0 spiro atoms. The van der Waals surface area contributed by atoms with Crippen LogP contribution in [0, 0.1) is 0 Å². The van der Waals surface area contributed by atoms with Gasteiger partial charge in [0.25, 0.3) is 0 Å². The molecule has 1 aromatic rings. The molecule has 1 unspecified atom stereocenters. The van der Waals surface area contributed by atoms with Crippen LogP contribution in [0.3, 0.4) is 0 Å². The first kappa shape index (κ1) is 14.4. The fourth-order valence-corrected chi connectivity index (χ4v) is 2.69. The van der Waals surface area contributed by atoms with Crippen LogP contribution in [0.5, 0.6) is 5.75 Å². The highest BCUT2D eigenvalue weighted by Gasteiger charge is 2.21. The van der Waals surface area contributed by atoms with E-state index < -0.39 is 7.12 Å². The van der Waals surface area contributed by atoms with Crippen LogP contribution in [0.2, 0.25) is 0 Å². The van der Waals surface area contributed by atoms with Gasteiger partial charge in [-0.25, -0.2) is 0 Å². The largest absolute Gasteiger partial charge is 0.496 e. The summed E-state index contributed by atoms with van der Waals surface area (Å²) in [5.41, 5.74) is 1.53. The fraction of sp³-hybridized carbons (Fsp3) is 0.571. The van der Waals surface area contributed by atoms with Crippen LogP contribution in [0.15, 0.2) is 18.2 Å². The van der Waals surface area contributed by atoms with Gasteiger partial charge in [0.2, 0.25) is 0 Å². The first-order valence-corrected chi connectivity index (χ1v) is 6.89. The fourth-order valence-electron chi connectivity index (χ4n) is 2.69. The molecule has 1 aliphatic heterocycles. The average Bonchev–Trinajstić information content (AvgIpc) is 2.41. The number of methoxy groups -OCH3 is 1. The minimum Gasteiger partial charge on any atom is -0.496 e. The molecule has 1 aromatic carbocycles. The van der Waals surface area contributed by atoms with Gasteiger partial charge in [0.05, 0.1) is 7.11 Å². The van der Waals surface area contributed by atoms with E-state index in [1.807, 2.05) is 6.07 Å². The highest BCUT2D eigenvalue weighted by molar-refractivity contribution is 6.58. The van der Waals surface area contributed by atoms with E-state index in [1.165, 1.54) is 19.3 Å². The lowest BCUT2D eigenvalue weighted by Crippen LogP contribution is -2.37. The molecule has 19 heavy (non-hydrogen) atoms.